The molecule has 0 saturated heterocycles. The lowest BCUT2D eigenvalue weighted by atomic mass is 9.88. The van der Waals surface area contributed by atoms with Crippen LogP contribution in [-0.2, 0) is 10.0 Å². The second kappa shape index (κ2) is 5.28. The molecule has 100 valence electrons. The Kier molecular flexibility index (Phi) is 3.92. The number of nitrogens with one attached hydrogen (secondary N) is 1. The molecule has 1 fully saturated rings. The fourth-order valence-corrected chi connectivity index (χ4v) is 3.74. The van der Waals surface area contributed by atoms with Gasteiger partial charge in [-0.3, -0.25) is 0 Å². The minimum atomic E-state index is -3.46. The Balaban J connectivity index is 2.09. The summed E-state index contributed by atoms with van der Waals surface area (Å²) in [5.74, 6) is 0.645. The third-order valence-corrected chi connectivity index (χ3v) is 4.94. The molecule has 0 amide bonds. The Morgan fingerprint density at radius 3 is 2.50 bits per heavy atom. The Labute approximate surface area is 108 Å². The largest absolute Gasteiger partial charge is 0.508 e. The van der Waals surface area contributed by atoms with Gasteiger partial charge < -0.3 is 5.11 Å². The number of aromatic hydroxyl groups is 1. The zero-order chi connectivity index (χ0) is 13.2. The van der Waals surface area contributed by atoms with Gasteiger partial charge in [-0.1, -0.05) is 19.8 Å². The van der Waals surface area contributed by atoms with Crippen molar-refractivity contribution in [2.75, 3.05) is 0 Å². The molecule has 0 radical (unpaired) electrons. The third-order valence-electron chi connectivity index (χ3n) is 3.41. The normalized spacial score (nSPS) is 24.9. The molecule has 0 spiro atoms. The van der Waals surface area contributed by atoms with Gasteiger partial charge in [-0.2, -0.15) is 0 Å². The smallest absolute Gasteiger partial charge is 0.240 e. The molecule has 5 heteroatoms. The second-order valence-electron chi connectivity index (χ2n) is 5.08. The number of phenols is 1. The highest BCUT2D eigenvalue weighted by Gasteiger charge is 2.24. The van der Waals surface area contributed by atoms with Crippen LogP contribution >= 0.6 is 0 Å². The molecule has 4 nitrogen and oxygen atoms in total. The van der Waals surface area contributed by atoms with Crippen molar-refractivity contribution >= 4 is 10.0 Å². The molecule has 0 aliphatic heterocycles. The molecule has 1 aromatic rings. The predicted molar refractivity (Wildman–Crippen MR) is 69.8 cm³/mol. The molecule has 0 aromatic heterocycles. The zero-order valence-corrected chi connectivity index (χ0v) is 11.3. The molecule has 0 heterocycles. The number of rotatable bonds is 3. The molecule has 1 aliphatic rings. The van der Waals surface area contributed by atoms with Gasteiger partial charge in [0, 0.05) is 6.04 Å². The maximum absolute atomic E-state index is 12.1. The van der Waals surface area contributed by atoms with Crippen molar-refractivity contribution in [3.05, 3.63) is 24.3 Å². The van der Waals surface area contributed by atoms with Gasteiger partial charge in [-0.25, -0.2) is 13.1 Å². The summed E-state index contributed by atoms with van der Waals surface area (Å²) in [5.41, 5.74) is 0. The average Bonchev–Trinajstić information content (AvgIpc) is 2.29. The van der Waals surface area contributed by atoms with Crippen LogP contribution in [0.3, 0.4) is 0 Å². The Morgan fingerprint density at radius 1 is 1.22 bits per heavy atom. The molecule has 2 N–H and O–H groups in total. The average molecular weight is 269 g/mol. The fraction of sp³-hybridized carbons (Fsp3) is 0.538. The lowest BCUT2D eigenvalue weighted by molar-refractivity contribution is 0.327. The van der Waals surface area contributed by atoms with Crippen LogP contribution in [0.5, 0.6) is 5.75 Å². The van der Waals surface area contributed by atoms with Crippen molar-refractivity contribution in [2.45, 2.75) is 43.5 Å². The van der Waals surface area contributed by atoms with Crippen LogP contribution < -0.4 is 4.72 Å². The van der Waals surface area contributed by atoms with E-state index in [1.54, 1.807) is 0 Å². The summed E-state index contributed by atoms with van der Waals surface area (Å²) in [5, 5.41) is 9.16. The molecule has 18 heavy (non-hydrogen) atoms. The highest BCUT2D eigenvalue weighted by molar-refractivity contribution is 7.89. The summed E-state index contributed by atoms with van der Waals surface area (Å²) in [7, 11) is -3.46. The molecule has 2 unspecified atom stereocenters. The topological polar surface area (TPSA) is 66.4 Å². The van der Waals surface area contributed by atoms with Crippen molar-refractivity contribution in [2.24, 2.45) is 5.92 Å². The lowest BCUT2D eigenvalue weighted by Gasteiger charge is -2.27. The number of benzene rings is 1. The summed E-state index contributed by atoms with van der Waals surface area (Å²) in [6, 6.07) is 5.65. The predicted octanol–water partition coefficient (Wildman–Crippen LogP) is 2.25. The molecule has 2 rings (SSSR count). The van der Waals surface area contributed by atoms with Gasteiger partial charge in [0.1, 0.15) is 5.75 Å². The minimum Gasteiger partial charge on any atom is -0.508 e. The standard InChI is InChI=1S/C13H19NO3S/c1-10-3-2-4-11(9-10)14-18(16,17)13-7-5-12(15)6-8-13/h5-8,10-11,14-15H,2-4,9H2,1H3. The molecule has 2 atom stereocenters. The van der Waals surface area contributed by atoms with Gasteiger partial charge in [0.05, 0.1) is 4.90 Å². The number of phenolic OH excluding ortho intramolecular Hbond substituents is 1. The van der Waals surface area contributed by atoms with Crippen LogP contribution in [-0.4, -0.2) is 19.6 Å². The van der Waals surface area contributed by atoms with Gasteiger partial charge in [-0.15, -0.1) is 0 Å². The number of hydrogen-bond acceptors (Lipinski definition) is 3. The lowest BCUT2D eigenvalue weighted by Crippen LogP contribution is -2.37. The van der Waals surface area contributed by atoms with E-state index in [9.17, 15) is 8.42 Å². The molecular weight excluding hydrogens is 250 g/mol. The highest BCUT2D eigenvalue weighted by atomic mass is 32.2. The first-order chi connectivity index (χ1) is 8.47. The van der Waals surface area contributed by atoms with Crippen LogP contribution in [0.2, 0.25) is 0 Å². The first-order valence-electron chi connectivity index (χ1n) is 6.29. The summed E-state index contributed by atoms with van der Waals surface area (Å²) in [6.07, 6.45) is 4.06. The van der Waals surface area contributed by atoms with E-state index >= 15 is 0 Å². The highest BCUT2D eigenvalue weighted by Crippen LogP contribution is 2.25. The third kappa shape index (κ3) is 3.23. The zero-order valence-electron chi connectivity index (χ0n) is 10.5. The van der Waals surface area contributed by atoms with E-state index in [1.807, 2.05) is 0 Å². The Bertz CT molecular complexity index is 495. The molecule has 1 aliphatic carbocycles. The van der Waals surface area contributed by atoms with Crippen LogP contribution in [0.15, 0.2) is 29.2 Å². The van der Waals surface area contributed by atoms with E-state index in [0.717, 1.165) is 19.3 Å². The maximum Gasteiger partial charge on any atom is 0.240 e. The summed E-state index contributed by atoms with van der Waals surface area (Å²) >= 11 is 0. The van der Waals surface area contributed by atoms with Crippen LogP contribution in [0.25, 0.3) is 0 Å². The van der Waals surface area contributed by atoms with Crippen LogP contribution in [0, 0.1) is 5.92 Å². The van der Waals surface area contributed by atoms with Crippen LogP contribution in [0.1, 0.15) is 32.6 Å². The first-order valence-corrected chi connectivity index (χ1v) is 7.77. The van der Waals surface area contributed by atoms with Crippen molar-refractivity contribution in [1.82, 2.24) is 4.72 Å². The van der Waals surface area contributed by atoms with Gasteiger partial charge in [-0.05, 0) is 43.0 Å². The monoisotopic (exact) mass is 269 g/mol. The Hall–Kier alpha value is -1.07. The fourth-order valence-electron chi connectivity index (χ4n) is 2.45. The van der Waals surface area contributed by atoms with E-state index in [-0.39, 0.29) is 16.7 Å². The number of hydrogen-bond donors (Lipinski definition) is 2. The minimum absolute atomic E-state index is 0.0348. The van der Waals surface area contributed by atoms with Crippen molar-refractivity contribution < 1.29 is 13.5 Å². The van der Waals surface area contributed by atoms with Gasteiger partial charge in [0.2, 0.25) is 10.0 Å². The summed E-state index contributed by atoms with van der Waals surface area (Å²) in [6.45, 7) is 2.15. The molecule has 0 bridgehead atoms. The quantitative estimate of drug-likeness (QED) is 0.884. The van der Waals surface area contributed by atoms with Crippen molar-refractivity contribution in [1.29, 1.82) is 0 Å². The van der Waals surface area contributed by atoms with E-state index in [4.69, 9.17) is 5.11 Å². The van der Waals surface area contributed by atoms with Crippen molar-refractivity contribution in [3.8, 4) is 5.75 Å². The van der Waals surface area contributed by atoms with Gasteiger partial charge in [0.15, 0.2) is 0 Å². The summed E-state index contributed by atoms with van der Waals surface area (Å²) in [4.78, 5) is 0.207. The van der Waals surface area contributed by atoms with E-state index in [1.165, 1.54) is 30.7 Å². The number of sulfonamides is 1. The van der Waals surface area contributed by atoms with E-state index < -0.39 is 10.0 Å². The molecule has 1 aromatic carbocycles. The van der Waals surface area contributed by atoms with E-state index in [0.29, 0.717) is 5.92 Å². The molecule has 1 saturated carbocycles. The second-order valence-corrected chi connectivity index (χ2v) is 6.80. The maximum atomic E-state index is 12.1. The van der Waals surface area contributed by atoms with Crippen molar-refractivity contribution in [3.63, 3.8) is 0 Å². The van der Waals surface area contributed by atoms with Gasteiger partial charge >= 0.3 is 0 Å². The SMILES string of the molecule is CC1CCCC(NS(=O)(=O)c2ccc(O)cc2)C1. The summed E-state index contributed by atoms with van der Waals surface area (Å²) < 4.78 is 27.0. The van der Waals surface area contributed by atoms with Gasteiger partial charge in [0.25, 0.3) is 0 Å². The van der Waals surface area contributed by atoms with Crippen LogP contribution in [0.4, 0.5) is 0 Å². The van der Waals surface area contributed by atoms with E-state index in [2.05, 4.69) is 11.6 Å². The Morgan fingerprint density at radius 2 is 1.89 bits per heavy atom. The first kappa shape index (κ1) is 13.4. The molecular formula is C13H19NO3S.